The van der Waals surface area contributed by atoms with Gasteiger partial charge in [0.1, 0.15) is 0 Å². The lowest BCUT2D eigenvalue weighted by Gasteiger charge is -2.03. The molecule has 0 radical (unpaired) electrons. The van der Waals surface area contributed by atoms with Gasteiger partial charge in [0.2, 0.25) is 0 Å². The van der Waals surface area contributed by atoms with Crippen molar-refractivity contribution in [2.24, 2.45) is 0 Å². The summed E-state index contributed by atoms with van der Waals surface area (Å²) in [6, 6.07) is 1.80. The van der Waals surface area contributed by atoms with Crippen molar-refractivity contribution in [3.05, 3.63) is 35.4 Å². The van der Waals surface area contributed by atoms with Crippen LogP contribution in [0.5, 0.6) is 0 Å². The minimum Gasteiger partial charge on any atom is -0.319 e. The van der Waals surface area contributed by atoms with Crippen LogP contribution >= 0.6 is 0 Å². The van der Waals surface area contributed by atoms with E-state index in [0.717, 1.165) is 24.4 Å². The Morgan fingerprint density at radius 2 is 1.94 bits per heavy atom. The van der Waals surface area contributed by atoms with Gasteiger partial charge in [0.05, 0.1) is 5.69 Å². The number of hydrogen-bond donors (Lipinski definition) is 1. The molecule has 0 bridgehead atoms. The molecule has 0 aromatic carbocycles. The lowest BCUT2D eigenvalue weighted by atomic mass is 10.1. The predicted octanol–water partition coefficient (Wildman–Crippen LogP) is 1.04. The van der Waals surface area contributed by atoms with E-state index in [-0.39, 0.29) is 0 Å². The molecule has 0 aliphatic carbocycles. The summed E-state index contributed by atoms with van der Waals surface area (Å²) in [6.45, 7) is 5.03. The second kappa shape index (κ2) is 5.05. The van der Waals surface area contributed by atoms with E-state index in [1.807, 2.05) is 14.0 Å². The Hall–Kier alpha value is -1.75. The highest BCUT2D eigenvalue weighted by atomic mass is 15.4. The van der Waals surface area contributed by atoms with Crippen LogP contribution in [0.2, 0.25) is 0 Å². The third-order valence-corrected chi connectivity index (χ3v) is 2.81. The zero-order valence-corrected chi connectivity index (χ0v) is 10.4. The molecule has 0 spiro atoms. The molecule has 0 aliphatic rings. The van der Waals surface area contributed by atoms with Gasteiger partial charge in [-0.15, -0.1) is 0 Å². The molecule has 5 heteroatoms. The van der Waals surface area contributed by atoms with Crippen LogP contribution in [0, 0.1) is 13.8 Å². The molecule has 1 N–H and O–H groups in total. The first-order valence-electron chi connectivity index (χ1n) is 5.71. The summed E-state index contributed by atoms with van der Waals surface area (Å²) in [7, 11) is 1.95. The monoisotopic (exact) mass is 231 g/mol. The van der Waals surface area contributed by atoms with Gasteiger partial charge in [-0.1, -0.05) is 0 Å². The van der Waals surface area contributed by atoms with E-state index in [1.54, 1.807) is 23.1 Å². The fourth-order valence-corrected chi connectivity index (χ4v) is 1.88. The van der Waals surface area contributed by atoms with Crippen LogP contribution < -0.4 is 5.32 Å². The van der Waals surface area contributed by atoms with Crippen molar-refractivity contribution < 1.29 is 0 Å². The van der Waals surface area contributed by atoms with Gasteiger partial charge in [-0.25, -0.2) is 14.6 Å². The zero-order valence-electron chi connectivity index (χ0n) is 10.4. The van der Waals surface area contributed by atoms with Crippen molar-refractivity contribution in [1.82, 2.24) is 25.1 Å². The molecule has 2 heterocycles. The fourth-order valence-electron chi connectivity index (χ4n) is 1.88. The maximum absolute atomic E-state index is 4.50. The smallest absolute Gasteiger partial charge is 0.250 e. The number of nitrogens with one attached hydrogen (secondary N) is 1. The lowest BCUT2D eigenvalue weighted by Crippen LogP contribution is -2.11. The van der Waals surface area contributed by atoms with Gasteiger partial charge in [0.25, 0.3) is 5.95 Å². The third-order valence-electron chi connectivity index (χ3n) is 2.81. The summed E-state index contributed by atoms with van der Waals surface area (Å²) in [6.07, 6.45) is 4.43. The molecule has 2 aromatic rings. The van der Waals surface area contributed by atoms with Crippen LogP contribution in [0.3, 0.4) is 0 Å². The standard InChI is InChI=1S/C12H17N5/c1-9-11(5-8-13-3)10(2)17(16-9)12-14-6-4-7-15-12/h4,6-7,13H,5,8H2,1-3H3. The van der Waals surface area contributed by atoms with Crippen molar-refractivity contribution in [3.63, 3.8) is 0 Å². The minimum absolute atomic E-state index is 0.629. The van der Waals surface area contributed by atoms with Crippen molar-refractivity contribution in [3.8, 4) is 5.95 Å². The SMILES string of the molecule is CNCCc1c(C)nn(-c2ncccn2)c1C. The largest absolute Gasteiger partial charge is 0.319 e. The highest BCUT2D eigenvalue weighted by Gasteiger charge is 2.13. The van der Waals surface area contributed by atoms with E-state index in [2.05, 4.69) is 27.3 Å². The van der Waals surface area contributed by atoms with Crippen molar-refractivity contribution >= 4 is 0 Å². The van der Waals surface area contributed by atoms with E-state index >= 15 is 0 Å². The molecule has 2 rings (SSSR count). The summed E-state index contributed by atoms with van der Waals surface area (Å²) >= 11 is 0. The molecule has 2 aromatic heterocycles. The van der Waals surface area contributed by atoms with Gasteiger partial charge in [0.15, 0.2) is 0 Å². The van der Waals surface area contributed by atoms with Crippen LogP contribution in [0.1, 0.15) is 17.0 Å². The Morgan fingerprint density at radius 1 is 1.24 bits per heavy atom. The van der Waals surface area contributed by atoms with E-state index in [9.17, 15) is 0 Å². The van der Waals surface area contributed by atoms with Crippen LogP contribution in [-0.4, -0.2) is 33.3 Å². The second-order valence-corrected chi connectivity index (χ2v) is 3.96. The van der Waals surface area contributed by atoms with E-state index < -0.39 is 0 Å². The van der Waals surface area contributed by atoms with Crippen molar-refractivity contribution in [2.45, 2.75) is 20.3 Å². The molecule has 0 saturated carbocycles. The average molecular weight is 231 g/mol. The van der Waals surface area contributed by atoms with E-state index in [0.29, 0.717) is 5.95 Å². The second-order valence-electron chi connectivity index (χ2n) is 3.96. The van der Waals surface area contributed by atoms with E-state index in [1.165, 1.54) is 5.56 Å². The summed E-state index contributed by atoms with van der Waals surface area (Å²) in [5.74, 6) is 0.629. The number of hydrogen-bond acceptors (Lipinski definition) is 4. The Balaban J connectivity index is 2.37. The van der Waals surface area contributed by atoms with Crippen LogP contribution in [0.4, 0.5) is 0 Å². The highest BCUT2D eigenvalue weighted by Crippen LogP contribution is 2.15. The molecule has 0 unspecified atom stereocenters. The fraction of sp³-hybridized carbons (Fsp3) is 0.417. The van der Waals surface area contributed by atoms with Gasteiger partial charge in [-0.2, -0.15) is 5.10 Å². The first kappa shape index (κ1) is 11.7. The van der Waals surface area contributed by atoms with Gasteiger partial charge in [-0.3, -0.25) is 0 Å². The molecular weight excluding hydrogens is 214 g/mol. The summed E-state index contributed by atoms with van der Waals surface area (Å²) in [5, 5.41) is 7.65. The van der Waals surface area contributed by atoms with Gasteiger partial charge < -0.3 is 5.32 Å². The maximum atomic E-state index is 4.50. The highest BCUT2D eigenvalue weighted by molar-refractivity contribution is 5.29. The first-order valence-corrected chi connectivity index (χ1v) is 5.71. The average Bonchev–Trinajstić information content (AvgIpc) is 2.64. The molecule has 0 saturated heterocycles. The van der Waals surface area contributed by atoms with E-state index in [4.69, 9.17) is 0 Å². The van der Waals surface area contributed by atoms with Gasteiger partial charge >= 0.3 is 0 Å². The third kappa shape index (κ3) is 2.34. The molecule has 0 fully saturated rings. The Bertz CT molecular complexity index is 489. The molecule has 90 valence electrons. The predicted molar refractivity (Wildman–Crippen MR) is 66.3 cm³/mol. The van der Waals surface area contributed by atoms with Crippen molar-refractivity contribution in [2.75, 3.05) is 13.6 Å². The molecule has 0 amide bonds. The lowest BCUT2D eigenvalue weighted by molar-refractivity contribution is 0.766. The Labute approximate surface area is 101 Å². The topological polar surface area (TPSA) is 55.6 Å². The van der Waals surface area contributed by atoms with Crippen LogP contribution in [-0.2, 0) is 6.42 Å². The minimum atomic E-state index is 0.629. The number of likely N-dealkylation sites (N-methyl/N-ethyl adjacent to an activating group) is 1. The number of aryl methyl sites for hydroxylation is 1. The quantitative estimate of drug-likeness (QED) is 0.854. The number of nitrogens with zero attached hydrogens (tertiary/aromatic N) is 4. The van der Waals surface area contributed by atoms with Gasteiger partial charge in [0, 0.05) is 18.1 Å². The number of rotatable bonds is 4. The summed E-state index contributed by atoms with van der Waals surface area (Å²) < 4.78 is 1.81. The molecule has 17 heavy (non-hydrogen) atoms. The summed E-state index contributed by atoms with van der Waals surface area (Å²) in [4.78, 5) is 8.44. The molecular formula is C12H17N5. The zero-order chi connectivity index (χ0) is 12.3. The number of aromatic nitrogens is 4. The Morgan fingerprint density at radius 3 is 2.59 bits per heavy atom. The van der Waals surface area contributed by atoms with Crippen molar-refractivity contribution in [1.29, 1.82) is 0 Å². The summed E-state index contributed by atoms with van der Waals surface area (Å²) in [5.41, 5.74) is 3.43. The van der Waals surface area contributed by atoms with Crippen LogP contribution in [0.15, 0.2) is 18.5 Å². The normalized spacial score (nSPS) is 10.8. The maximum Gasteiger partial charge on any atom is 0.250 e. The van der Waals surface area contributed by atoms with Gasteiger partial charge in [-0.05, 0) is 45.5 Å². The molecule has 0 aliphatic heterocycles. The first-order chi connectivity index (χ1) is 8.24. The van der Waals surface area contributed by atoms with Crippen LogP contribution in [0.25, 0.3) is 5.95 Å². The molecule has 5 nitrogen and oxygen atoms in total. The molecule has 0 atom stereocenters. The Kier molecular flexibility index (Phi) is 3.49.